The summed E-state index contributed by atoms with van der Waals surface area (Å²) >= 11 is 0. The molecule has 2 rings (SSSR count). The van der Waals surface area contributed by atoms with Crippen LogP contribution in [0.25, 0.3) is 0 Å². The van der Waals surface area contributed by atoms with E-state index < -0.39 is 0 Å². The first-order valence-corrected chi connectivity index (χ1v) is 6.30. The van der Waals surface area contributed by atoms with Crippen molar-refractivity contribution in [1.82, 2.24) is 4.90 Å². The van der Waals surface area contributed by atoms with Crippen molar-refractivity contribution in [3.8, 4) is 0 Å². The number of rotatable bonds is 3. The normalized spacial score (nSPS) is 23.1. The molecule has 1 fully saturated rings. The van der Waals surface area contributed by atoms with E-state index in [9.17, 15) is 4.79 Å². The maximum Gasteiger partial charge on any atom is 0.410 e. The van der Waals surface area contributed by atoms with Crippen molar-refractivity contribution >= 4 is 6.09 Å². The lowest BCUT2D eigenvalue weighted by Crippen LogP contribution is -2.36. The first-order chi connectivity index (χ1) is 8.72. The average molecular weight is 249 g/mol. The Labute approximate surface area is 107 Å². The fourth-order valence-electron chi connectivity index (χ4n) is 2.31. The number of amides is 1. The van der Waals surface area contributed by atoms with Crippen molar-refractivity contribution < 1.29 is 14.6 Å². The van der Waals surface area contributed by atoms with Crippen LogP contribution in [0.2, 0.25) is 0 Å². The molecule has 0 aliphatic carbocycles. The molecule has 0 saturated carbocycles. The molecule has 1 aliphatic heterocycles. The Morgan fingerprint density at radius 1 is 1.44 bits per heavy atom. The summed E-state index contributed by atoms with van der Waals surface area (Å²) in [5, 5.41) is 9.17. The number of benzene rings is 1. The molecular formula is C14H19NO3. The van der Waals surface area contributed by atoms with Gasteiger partial charge in [0.05, 0.1) is 0 Å². The lowest BCUT2D eigenvalue weighted by molar-refractivity contribution is 0.0874. The third-order valence-electron chi connectivity index (χ3n) is 3.59. The van der Waals surface area contributed by atoms with Gasteiger partial charge in [-0.1, -0.05) is 30.3 Å². The molecule has 2 atom stereocenters. The Morgan fingerprint density at radius 3 is 2.78 bits per heavy atom. The van der Waals surface area contributed by atoms with Crippen LogP contribution in [-0.4, -0.2) is 35.3 Å². The second-order valence-electron chi connectivity index (χ2n) is 4.71. The minimum absolute atomic E-state index is 0.0540. The summed E-state index contributed by atoms with van der Waals surface area (Å²) in [6.45, 7) is 3.05. The van der Waals surface area contributed by atoms with Gasteiger partial charge in [-0.3, -0.25) is 0 Å². The monoisotopic (exact) mass is 249 g/mol. The van der Waals surface area contributed by atoms with E-state index in [1.807, 2.05) is 37.3 Å². The van der Waals surface area contributed by atoms with Crippen LogP contribution in [0, 0.1) is 5.92 Å². The van der Waals surface area contributed by atoms with Gasteiger partial charge < -0.3 is 14.7 Å². The largest absolute Gasteiger partial charge is 0.445 e. The van der Waals surface area contributed by atoms with Crippen molar-refractivity contribution in [3.63, 3.8) is 0 Å². The summed E-state index contributed by atoms with van der Waals surface area (Å²) in [7, 11) is 0. The number of ether oxygens (including phenoxy) is 1. The quantitative estimate of drug-likeness (QED) is 0.891. The van der Waals surface area contributed by atoms with Crippen LogP contribution < -0.4 is 0 Å². The molecule has 1 saturated heterocycles. The van der Waals surface area contributed by atoms with Crippen molar-refractivity contribution in [2.75, 3.05) is 13.2 Å². The second kappa shape index (κ2) is 5.87. The highest BCUT2D eigenvalue weighted by atomic mass is 16.6. The van der Waals surface area contributed by atoms with Gasteiger partial charge in [0.15, 0.2) is 0 Å². The molecule has 1 amide bonds. The molecule has 1 aromatic carbocycles. The number of hydrogen-bond acceptors (Lipinski definition) is 3. The van der Waals surface area contributed by atoms with Crippen LogP contribution in [-0.2, 0) is 11.3 Å². The molecule has 0 radical (unpaired) electrons. The second-order valence-corrected chi connectivity index (χ2v) is 4.71. The third kappa shape index (κ3) is 2.82. The van der Waals surface area contributed by atoms with Crippen molar-refractivity contribution in [2.45, 2.75) is 26.0 Å². The molecule has 1 aliphatic rings. The van der Waals surface area contributed by atoms with Gasteiger partial charge in [0.2, 0.25) is 0 Å². The number of aliphatic hydroxyl groups excluding tert-OH is 1. The molecule has 1 aromatic rings. The van der Waals surface area contributed by atoms with E-state index in [1.165, 1.54) is 0 Å². The van der Waals surface area contributed by atoms with Crippen LogP contribution in [0.3, 0.4) is 0 Å². The fourth-order valence-corrected chi connectivity index (χ4v) is 2.31. The highest BCUT2D eigenvalue weighted by molar-refractivity contribution is 5.68. The maximum absolute atomic E-state index is 11.9. The van der Waals surface area contributed by atoms with Crippen LogP contribution in [0.1, 0.15) is 18.9 Å². The Kier molecular flexibility index (Phi) is 4.20. The van der Waals surface area contributed by atoms with Gasteiger partial charge in [0, 0.05) is 25.1 Å². The molecule has 4 heteroatoms. The molecule has 0 bridgehead atoms. The first kappa shape index (κ1) is 12.9. The summed E-state index contributed by atoms with van der Waals surface area (Å²) in [5.41, 5.74) is 0.983. The summed E-state index contributed by atoms with van der Waals surface area (Å²) in [6, 6.07) is 9.68. The number of carbonyl (C=O) groups is 1. The van der Waals surface area contributed by atoms with E-state index >= 15 is 0 Å². The minimum atomic E-state index is -0.290. The van der Waals surface area contributed by atoms with Crippen molar-refractivity contribution in [1.29, 1.82) is 0 Å². The van der Waals surface area contributed by atoms with Crippen molar-refractivity contribution in [2.24, 2.45) is 5.92 Å². The number of aliphatic hydroxyl groups is 1. The Hall–Kier alpha value is -1.55. The van der Waals surface area contributed by atoms with Gasteiger partial charge in [0.1, 0.15) is 6.61 Å². The topological polar surface area (TPSA) is 49.8 Å². The number of carbonyl (C=O) groups excluding carboxylic acids is 1. The highest BCUT2D eigenvalue weighted by Crippen LogP contribution is 2.24. The summed E-state index contributed by atoms with van der Waals surface area (Å²) in [4.78, 5) is 13.6. The Morgan fingerprint density at radius 2 is 2.17 bits per heavy atom. The van der Waals surface area contributed by atoms with Crippen LogP contribution in [0.4, 0.5) is 4.79 Å². The van der Waals surface area contributed by atoms with Crippen LogP contribution >= 0.6 is 0 Å². The Balaban J connectivity index is 1.86. The van der Waals surface area contributed by atoms with E-state index in [2.05, 4.69) is 0 Å². The van der Waals surface area contributed by atoms with E-state index in [1.54, 1.807) is 4.90 Å². The lowest BCUT2D eigenvalue weighted by atomic mass is 10.0. The summed E-state index contributed by atoms with van der Waals surface area (Å²) in [6.07, 6.45) is 0.556. The molecule has 0 spiro atoms. The van der Waals surface area contributed by atoms with Gasteiger partial charge in [-0.15, -0.1) is 0 Å². The number of likely N-dealkylation sites (tertiary alicyclic amines) is 1. The predicted molar refractivity (Wildman–Crippen MR) is 68.0 cm³/mol. The zero-order valence-electron chi connectivity index (χ0n) is 10.6. The zero-order valence-corrected chi connectivity index (χ0v) is 10.6. The lowest BCUT2D eigenvalue weighted by Gasteiger charge is -2.23. The molecule has 98 valence electrons. The van der Waals surface area contributed by atoms with Gasteiger partial charge in [-0.25, -0.2) is 4.79 Å². The molecule has 0 aromatic heterocycles. The average Bonchev–Trinajstić information content (AvgIpc) is 2.78. The fraction of sp³-hybridized carbons (Fsp3) is 0.500. The zero-order chi connectivity index (χ0) is 13.0. The standard InChI is InChI=1S/C14H19NO3/c1-11-13(9-16)7-8-15(11)14(17)18-10-12-5-3-2-4-6-12/h2-6,11,13,16H,7-10H2,1H3. The van der Waals surface area contributed by atoms with Gasteiger partial charge in [0.25, 0.3) is 0 Å². The molecule has 18 heavy (non-hydrogen) atoms. The predicted octanol–water partition coefficient (Wildman–Crippen LogP) is 2.03. The summed E-state index contributed by atoms with van der Waals surface area (Å²) in [5.74, 6) is 0.175. The molecule has 4 nitrogen and oxygen atoms in total. The van der Waals surface area contributed by atoms with E-state index in [0.29, 0.717) is 13.2 Å². The minimum Gasteiger partial charge on any atom is -0.445 e. The Bertz CT molecular complexity index is 393. The molecule has 2 unspecified atom stereocenters. The molecule has 1 heterocycles. The van der Waals surface area contributed by atoms with Crippen LogP contribution in [0.5, 0.6) is 0 Å². The van der Waals surface area contributed by atoms with E-state index in [4.69, 9.17) is 9.84 Å². The van der Waals surface area contributed by atoms with Crippen LogP contribution in [0.15, 0.2) is 30.3 Å². The molecule has 1 N–H and O–H groups in total. The van der Waals surface area contributed by atoms with E-state index in [0.717, 1.165) is 12.0 Å². The van der Waals surface area contributed by atoms with Gasteiger partial charge in [-0.2, -0.15) is 0 Å². The maximum atomic E-state index is 11.9. The number of nitrogens with zero attached hydrogens (tertiary/aromatic N) is 1. The number of hydrogen-bond donors (Lipinski definition) is 1. The van der Waals surface area contributed by atoms with Crippen molar-refractivity contribution in [3.05, 3.63) is 35.9 Å². The smallest absolute Gasteiger partial charge is 0.410 e. The SMILES string of the molecule is CC1C(CO)CCN1C(=O)OCc1ccccc1. The summed E-state index contributed by atoms with van der Waals surface area (Å²) < 4.78 is 5.28. The van der Waals surface area contributed by atoms with Gasteiger partial charge in [-0.05, 0) is 18.9 Å². The first-order valence-electron chi connectivity index (χ1n) is 6.30. The third-order valence-corrected chi connectivity index (χ3v) is 3.59. The highest BCUT2D eigenvalue weighted by Gasteiger charge is 2.34. The van der Waals surface area contributed by atoms with Gasteiger partial charge >= 0.3 is 6.09 Å². The van der Waals surface area contributed by atoms with E-state index in [-0.39, 0.29) is 24.7 Å². The molecular weight excluding hydrogens is 230 g/mol.